The molecule has 2 aromatic carbocycles. The fourth-order valence-electron chi connectivity index (χ4n) is 2.98. The molecule has 0 radical (unpaired) electrons. The molecule has 2 amide bonds. The number of amides is 2. The molecule has 0 saturated carbocycles. The highest BCUT2D eigenvalue weighted by molar-refractivity contribution is 6.00. The van der Waals surface area contributed by atoms with Crippen LogP contribution in [0.3, 0.4) is 0 Å². The van der Waals surface area contributed by atoms with Gasteiger partial charge in [0.1, 0.15) is 12.4 Å². The zero-order valence-electron chi connectivity index (χ0n) is 16.0. The second-order valence-corrected chi connectivity index (χ2v) is 6.40. The summed E-state index contributed by atoms with van der Waals surface area (Å²) in [5, 5.41) is 2.70. The number of benzene rings is 2. The lowest BCUT2D eigenvalue weighted by Crippen LogP contribution is -2.33. The number of carbonyl (C=O) groups is 2. The van der Waals surface area contributed by atoms with E-state index in [1.165, 1.54) is 12.1 Å². The van der Waals surface area contributed by atoms with Crippen molar-refractivity contribution >= 4 is 17.5 Å². The first-order valence-electron chi connectivity index (χ1n) is 9.13. The SMILES string of the molecule is COc1cccc(N2CC(C(=O)NCC#CCOc3ccccc3F)CC2=O)c1. The molecule has 0 aromatic heterocycles. The molecule has 1 heterocycles. The third-order valence-corrected chi connectivity index (χ3v) is 4.47. The van der Waals surface area contributed by atoms with E-state index < -0.39 is 11.7 Å². The van der Waals surface area contributed by atoms with Crippen molar-refractivity contribution in [3.63, 3.8) is 0 Å². The third kappa shape index (κ3) is 5.26. The number of anilines is 1. The molecule has 1 N–H and O–H groups in total. The average Bonchev–Trinajstić information content (AvgIpc) is 3.13. The van der Waals surface area contributed by atoms with Crippen LogP contribution in [-0.2, 0) is 9.59 Å². The summed E-state index contributed by atoms with van der Waals surface area (Å²) < 4.78 is 23.8. The van der Waals surface area contributed by atoms with Crippen molar-refractivity contribution in [1.82, 2.24) is 5.32 Å². The fraction of sp³-hybridized carbons (Fsp3) is 0.273. The van der Waals surface area contributed by atoms with E-state index >= 15 is 0 Å². The van der Waals surface area contributed by atoms with E-state index in [-0.39, 0.29) is 37.1 Å². The minimum atomic E-state index is -0.450. The Hall–Kier alpha value is -3.53. The standard InChI is InChI=1S/C22H21FN2O4/c1-28-18-8-6-7-17(14-18)25-15-16(13-21(25)26)22(27)24-11-4-5-12-29-20-10-3-2-9-19(20)23/h2-3,6-10,14,16H,11-13,15H2,1H3,(H,24,27). The van der Waals surface area contributed by atoms with Gasteiger partial charge in [-0.15, -0.1) is 0 Å². The van der Waals surface area contributed by atoms with E-state index in [1.807, 2.05) is 6.07 Å². The Balaban J connectivity index is 1.46. The summed E-state index contributed by atoms with van der Waals surface area (Å²) in [5.41, 5.74) is 0.703. The molecular weight excluding hydrogens is 375 g/mol. The summed E-state index contributed by atoms with van der Waals surface area (Å²) in [5.74, 6) is 5.03. The second kappa shape index (κ2) is 9.60. The van der Waals surface area contributed by atoms with Crippen LogP contribution in [0.25, 0.3) is 0 Å². The maximum atomic E-state index is 13.4. The second-order valence-electron chi connectivity index (χ2n) is 6.40. The number of nitrogens with zero attached hydrogens (tertiary/aromatic N) is 1. The number of methoxy groups -OCH3 is 1. The number of para-hydroxylation sites is 1. The van der Waals surface area contributed by atoms with Crippen LogP contribution >= 0.6 is 0 Å². The van der Waals surface area contributed by atoms with Crippen molar-refractivity contribution in [3.8, 4) is 23.3 Å². The Bertz CT molecular complexity index is 951. The lowest BCUT2D eigenvalue weighted by molar-refractivity contribution is -0.126. The van der Waals surface area contributed by atoms with Crippen LogP contribution in [0.4, 0.5) is 10.1 Å². The largest absolute Gasteiger partial charge is 0.497 e. The van der Waals surface area contributed by atoms with Crippen molar-refractivity contribution in [3.05, 3.63) is 54.3 Å². The van der Waals surface area contributed by atoms with Gasteiger partial charge in [-0.3, -0.25) is 9.59 Å². The van der Waals surface area contributed by atoms with Gasteiger partial charge in [0.2, 0.25) is 11.8 Å². The molecule has 150 valence electrons. The van der Waals surface area contributed by atoms with Gasteiger partial charge in [-0.25, -0.2) is 4.39 Å². The van der Waals surface area contributed by atoms with E-state index in [0.717, 1.165) is 0 Å². The predicted molar refractivity (Wildman–Crippen MR) is 106 cm³/mol. The molecule has 1 aliphatic rings. The Labute approximate surface area is 168 Å². The monoisotopic (exact) mass is 396 g/mol. The number of hydrogen-bond acceptors (Lipinski definition) is 4. The van der Waals surface area contributed by atoms with Crippen molar-refractivity contribution in [1.29, 1.82) is 0 Å². The van der Waals surface area contributed by atoms with Crippen LogP contribution in [0.1, 0.15) is 6.42 Å². The van der Waals surface area contributed by atoms with Crippen molar-refractivity contribution in [2.45, 2.75) is 6.42 Å². The lowest BCUT2D eigenvalue weighted by Gasteiger charge is -2.17. The van der Waals surface area contributed by atoms with Crippen molar-refractivity contribution < 1.29 is 23.5 Å². The Morgan fingerprint density at radius 3 is 2.86 bits per heavy atom. The molecule has 1 saturated heterocycles. The molecule has 0 spiro atoms. The first-order chi connectivity index (χ1) is 14.1. The van der Waals surface area contributed by atoms with Crippen molar-refractivity contribution in [2.24, 2.45) is 5.92 Å². The lowest BCUT2D eigenvalue weighted by atomic mass is 10.1. The summed E-state index contributed by atoms with van der Waals surface area (Å²) in [7, 11) is 1.56. The van der Waals surface area contributed by atoms with Crippen LogP contribution in [-0.4, -0.2) is 38.6 Å². The summed E-state index contributed by atoms with van der Waals surface area (Å²) in [6.45, 7) is 0.452. The van der Waals surface area contributed by atoms with Gasteiger partial charge in [0, 0.05) is 24.7 Å². The average molecular weight is 396 g/mol. The quantitative estimate of drug-likeness (QED) is 0.762. The minimum absolute atomic E-state index is 0.0162. The van der Waals surface area contributed by atoms with E-state index in [4.69, 9.17) is 9.47 Å². The molecule has 1 atom stereocenters. The van der Waals surface area contributed by atoms with Gasteiger partial charge < -0.3 is 19.7 Å². The highest BCUT2D eigenvalue weighted by Gasteiger charge is 2.35. The van der Waals surface area contributed by atoms with Gasteiger partial charge in [-0.2, -0.15) is 0 Å². The van der Waals surface area contributed by atoms with Gasteiger partial charge in [0.15, 0.2) is 11.6 Å². The molecule has 3 rings (SSSR count). The molecule has 6 nitrogen and oxygen atoms in total. The third-order valence-electron chi connectivity index (χ3n) is 4.47. The number of ether oxygens (including phenoxy) is 2. The summed E-state index contributed by atoms with van der Waals surface area (Å²) >= 11 is 0. The van der Waals surface area contributed by atoms with E-state index in [0.29, 0.717) is 18.0 Å². The van der Waals surface area contributed by atoms with E-state index in [9.17, 15) is 14.0 Å². The van der Waals surface area contributed by atoms with E-state index in [1.54, 1.807) is 42.3 Å². The molecule has 0 aliphatic carbocycles. The van der Waals surface area contributed by atoms with Crippen LogP contribution in [0.5, 0.6) is 11.5 Å². The predicted octanol–water partition coefficient (Wildman–Crippen LogP) is 2.39. The topological polar surface area (TPSA) is 67.9 Å². The van der Waals surface area contributed by atoms with Gasteiger partial charge >= 0.3 is 0 Å². The van der Waals surface area contributed by atoms with Crippen LogP contribution in [0, 0.1) is 23.6 Å². The first-order valence-corrected chi connectivity index (χ1v) is 9.13. The minimum Gasteiger partial charge on any atom is -0.497 e. The molecule has 1 aliphatic heterocycles. The molecule has 7 heteroatoms. The number of nitrogens with one attached hydrogen (secondary N) is 1. The van der Waals surface area contributed by atoms with Gasteiger partial charge in [-0.05, 0) is 24.3 Å². The first kappa shape index (κ1) is 20.2. The zero-order valence-corrected chi connectivity index (χ0v) is 16.0. The maximum Gasteiger partial charge on any atom is 0.227 e. The molecule has 1 unspecified atom stereocenters. The number of halogens is 1. The van der Waals surface area contributed by atoms with E-state index in [2.05, 4.69) is 17.2 Å². The normalized spacial score (nSPS) is 15.4. The smallest absolute Gasteiger partial charge is 0.227 e. The van der Waals surface area contributed by atoms with Crippen LogP contribution in [0.2, 0.25) is 0 Å². The number of carbonyl (C=O) groups excluding carboxylic acids is 2. The zero-order chi connectivity index (χ0) is 20.6. The summed E-state index contributed by atoms with van der Waals surface area (Å²) in [6, 6.07) is 13.2. The molecular formula is C22H21FN2O4. The highest BCUT2D eigenvalue weighted by Crippen LogP contribution is 2.27. The van der Waals surface area contributed by atoms with Crippen LogP contribution < -0.4 is 19.7 Å². The molecule has 0 bridgehead atoms. The van der Waals surface area contributed by atoms with Gasteiger partial charge in [0.25, 0.3) is 0 Å². The molecule has 1 fully saturated rings. The number of rotatable bonds is 6. The Kier molecular flexibility index (Phi) is 6.69. The fourth-order valence-corrected chi connectivity index (χ4v) is 2.98. The summed E-state index contributed by atoms with van der Waals surface area (Å²) in [6.07, 6.45) is 0.146. The highest BCUT2D eigenvalue weighted by atomic mass is 19.1. The Morgan fingerprint density at radius 2 is 2.07 bits per heavy atom. The van der Waals surface area contributed by atoms with Crippen LogP contribution in [0.15, 0.2) is 48.5 Å². The number of hydrogen-bond donors (Lipinski definition) is 1. The molecule has 2 aromatic rings. The van der Waals surface area contributed by atoms with Crippen molar-refractivity contribution in [2.75, 3.05) is 31.7 Å². The molecule has 29 heavy (non-hydrogen) atoms. The van der Waals surface area contributed by atoms with Gasteiger partial charge in [0.05, 0.1) is 19.6 Å². The maximum absolute atomic E-state index is 13.4. The summed E-state index contributed by atoms with van der Waals surface area (Å²) in [4.78, 5) is 26.2. The van der Waals surface area contributed by atoms with Gasteiger partial charge in [-0.1, -0.05) is 30.0 Å². The Morgan fingerprint density at radius 1 is 1.24 bits per heavy atom.